The van der Waals surface area contributed by atoms with Gasteiger partial charge in [0.25, 0.3) is 0 Å². The second-order valence-corrected chi connectivity index (χ2v) is 10.1. The number of nitrogens with one attached hydrogen (secondary N) is 1. The van der Waals surface area contributed by atoms with Crippen LogP contribution in [0.3, 0.4) is 0 Å². The molecule has 1 aromatic carbocycles. The van der Waals surface area contributed by atoms with Gasteiger partial charge in [-0.3, -0.25) is 4.79 Å². The quantitative estimate of drug-likeness (QED) is 0.682. The maximum absolute atomic E-state index is 12.2. The molecule has 0 aromatic heterocycles. The summed E-state index contributed by atoms with van der Waals surface area (Å²) in [5.74, 6) is -0.449. The molecule has 0 aliphatic rings. The normalized spacial score (nSPS) is 12.2. The van der Waals surface area contributed by atoms with Crippen LogP contribution in [-0.4, -0.2) is 53.2 Å². The van der Waals surface area contributed by atoms with E-state index in [1.54, 1.807) is 12.1 Å². The van der Waals surface area contributed by atoms with Crippen LogP contribution < -0.4 is 10.1 Å². The molecule has 1 N–H and O–H groups in total. The van der Waals surface area contributed by atoms with E-state index in [1.165, 1.54) is 12.1 Å². The van der Waals surface area contributed by atoms with E-state index in [1.807, 2.05) is 13.8 Å². The first-order chi connectivity index (χ1) is 11.0. The van der Waals surface area contributed by atoms with Crippen molar-refractivity contribution in [2.45, 2.75) is 31.3 Å². The Kier molecular flexibility index (Phi) is 7.22. The highest BCUT2D eigenvalue weighted by molar-refractivity contribution is 7.91. The van der Waals surface area contributed by atoms with Crippen molar-refractivity contribution in [3.63, 3.8) is 0 Å². The Morgan fingerprint density at radius 2 is 1.67 bits per heavy atom. The average molecular weight is 377 g/mol. The van der Waals surface area contributed by atoms with Crippen LogP contribution in [0.5, 0.6) is 5.75 Å². The molecule has 0 heterocycles. The Morgan fingerprint density at radius 3 is 2.17 bits per heavy atom. The van der Waals surface area contributed by atoms with Gasteiger partial charge in [-0.25, -0.2) is 16.8 Å². The van der Waals surface area contributed by atoms with Crippen LogP contribution in [0.2, 0.25) is 0 Å². The summed E-state index contributed by atoms with van der Waals surface area (Å²) in [4.78, 5) is 11.7. The van der Waals surface area contributed by atoms with E-state index in [2.05, 4.69) is 5.32 Å². The Morgan fingerprint density at radius 1 is 1.08 bits per heavy atom. The fourth-order valence-corrected chi connectivity index (χ4v) is 3.52. The van der Waals surface area contributed by atoms with E-state index in [9.17, 15) is 21.6 Å². The zero-order valence-electron chi connectivity index (χ0n) is 14.0. The predicted octanol–water partition coefficient (Wildman–Crippen LogP) is 0.798. The van der Waals surface area contributed by atoms with Gasteiger partial charge in [-0.15, -0.1) is 0 Å². The minimum atomic E-state index is -3.59. The minimum absolute atomic E-state index is 0.0110. The van der Waals surface area contributed by atoms with E-state index < -0.39 is 25.6 Å². The van der Waals surface area contributed by atoms with Crippen molar-refractivity contribution in [1.82, 2.24) is 5.32 Å². The van der Waals surface area contributed by atoms with E-state index in [0.717, 1.165) is 6.26 Å². The summed E-state index contributed by atoms with van der Waals surface area (Å²) < 4.78 is 51.7. The second-order valence-electron chi connectivity index (χ2n) is 5.69. The standard InChI is InChI=1S/C15H23NO6S2/c1-12(2)22-13-4-6-14(7-5-13)24(20,21)10-8-15(17)16-9-11-23(3,18)19/h4-7,12H,8-11H2,1-3H3,(H,16,17). The summed E-state index contributed by atoms with van der Waals surface area (Å²) in [6.07, 6.45) is 0.829. The molecule has 0 aliphatic heterocycles. The van der Waals surface area contributed by atoms with Crippen LogP contribution in [0.1, 0.15) is 20.3 Å². The highest BCUT2D eigenvalue weighted by Crippen LogP contribution is 2.18. The van der Waals surface area contributed by atoms with Gasteiger partial charge in [-0.2, -0.15) is 0 Å². The second kappa shape index (κ2) is 8.48. The van der Waals surface area contributed by atoms with Crippen molar-refractivity contribution in [2.24, 2.45) is 0 Å². The molecule has 1 amide bonds. The summed E-state index contributed by atoms with van der Waals surface area (Å²) in [6, 6.07) is 6.02. The molecule has 1 aromatic rings. The third-order valence-electron chi connectivity index (χ3n) is 2.95. The van der Waals surface area contributed by atoms with E-state index >= 15 is 0 Å². The van der Waals surface area contributed by atoms with Gasteiger partial charge in [0.05, 0.1) is 22.5 Å². The lowest BCUT2D eigenvalue weighted by molar-refractivity contribution is -0.120. The molecule has 24 heavy (non-hydrogen) atoms. The maximum atomic E-state index is 12.2. The number of amides is 1. The Balaban J connectivity index is 2.55. The highest BCUT2D eigenvalue weighted by Gasteiger charge is 2.17. The minimum Gasteiger partial charge on any atom is -0.491 e. The topological polar surface area (TPSA) is 107 Å². The molecular weight excluding hydrogens is 354 g/mol. The number of rotatable bonds is 9. The van der Waals surface area contributed by atoms with Crippen molar-refractivity contribution < 1.29 is 26.4 Å². The van der Waals surface area contributed by atoms with Gasteiger partial charge in [0.15, 0.2) is 9.84 Å². The first-order valence-electron chi connectivity index (χ1n) is 7.43. The van der Waals surface area contributed by atoms with Crippen molar-refractivity contribution in [3.05, 3.63) is 24.3 Å². The number of hydrogen-bond donors (Lipinski definition) is 1. The lowest BCUT2D eigenvalue weighted by Crippen LogP contribution is -2.30. The summed E-state index contributed by atoms with van der Waals surface area (Å²) in [5, 5.41) is 2.39. The molecule has 0 spiro atoms. The van der Waals surface area contributed by atoms with Crippen LogP contribution >= 0.6 is 0 Å². The largest absolute Gasteiger partial charge is 0.491 e. The van der Waals surface area contributed by atoms with Gasteiger partial charge >= 0.3 is 0 Å². The Bertz CT molecular complexity index is 752. The molecule has 0 unspecified atom stereocenters. The third kappa shape index (κ3) is 7.78. The molecule has 1 rings (SSSR count). The monoisotopic (exact) mass is 377 g/mol. The summed E-state index contributed by atoms with van der Waals surface area (Å²) in [7, 11) is -6.75. The van der Waals surface area contributed by atoms with Gasteiger partial charge in [0.2, 0.25) is 5.91 Å². The van der Waals surface area contributed by atoms with E-state index in [4.69, 9.17) is 4.74 Å². The molecule has 7 nitrogen and oxygen atoms in total. The van der Waals surface area contributed by atoms with Gasteiger partial charge < -0.3 is 10.1 Å². The summed E-state index contributed by atoms with van der Waals surface area (Å²) >= 11 is 0. The highest BCUT2D eigenvalue weighted by atomic mass is 32.2. The zero-order valence-corrected chi connectivity index (χ0v) is 15.6. The van der Waals surface area contributed by atoms with Crippen LogP contribution in [0.25, 0.3) is 0 Å². The third-order valence-corrected chi connectivity index (χ3v) is 5.63. The summed E-state index contributed by atoms with van der Waals surface area (Å²) in [5.41, 5.74) is 0. The SMILES string of the molecule is CC(C)Oc1ccc(S(=O)(=O)CCC(=O)NCCS(C)(=O)=O)cc1. The Labute approximate surface area is 143 Å². The molecule has 0 atom stereocenters. The molecule has 0 bridgehead atoms. The van der Waals surface area contributed by atoms with Gasteiger partial charge in [0.1, 0.15) is 15.6 Å². The molecular formula is C15H23NO6S2. The van der Waals surface area contributed by atoms with Gasteiger partial charge in [-0.1, -0.05) is 0 Å². The number of carbonyl (C=O) groups is 1. The fourth-order valence-electron chi connectivity index (χ4n) is 1.81. The Hall–Kier alpha value is -1.61. The first kappa shape index (κ1) is 20.4. The zero-order chi connectivity index (χ0) is 18.4. The van der Waals surface area contributed by atoms with Crippen LogP contribution in [0, 0.1) is 0 Å². The lowest BCUT2D eigenvalue weighted by Gasteiger charge is -2.10. The fraction of sp³-hybridized carbons (Fsp3) is 0.533. The van der Waals surface area contributed by atoms with Crippen molar-refractivity contribution in [1.29, 1.82) is 0 Å². The van der Waals surface area contributed by atoms with Crippen molar-refractivity contribution in [3.8, 4) is 5.75 Å². The summed E-state index contributed by atoms with van der Waals surface area (Å²) in [6.45, 7) is 3.71. The molecule has 0 radical (unpaired) electrons. The van der Waals surface area contributed by atoms with Crippen LogP contribution in [0.4, 0.5) is 0 Å². The smallest absolute Gasteiger partial charge is 0.221 e. The number of ether oxygens (including phenoxy) is 1. The van der Waals surface area contributed by atoms with Gasteiger partial charge in [0, 0.05) is 19.2 Å². The molecule has 9 heteroatoms. The van der Waals surface area contributed by atoms with E-state index in [0.29, 0.717) is 5.75 Å². The van der Waals surface area contributed by atoms with Crippen LogP contribution in [-0.2, 0) is 24.5 Å². The molecule has 0 fully saturated rings. The van der Waals surface area contributed by atoms with Crippen molar-refractivity contribution in [2.75, 3.05) is 24.3 Å². The molecule has 0 saturated carbocycles. The first-order valence-corrected chi connectivity index (χ1v) is 11.1. The van der Waals surface area contributed by atoms with E-state index in [-0.39, 0.29) is 35.5 Å². The number of carbonyl (C=O) groups excluding carboxylic acids is 1. The molecule has 136 valence electrons. The number of hydrogen-bond acceptors (Lipinski definition) is 6. The van der Waals surface area contributed by atoms with Gasteiger partial charge in [-0.05, 0) is 38.1 Å². The molecule has 0 aliphatic carbocycles. The lowest BCUT2D eigenvalue weighted by atomic mass is 10.3. The number of benzene rings is 1. The predicted molar refractivity (Wildman–Crippen MR) is 91.6 cm³/mol. The number of sulfone groups is 2. The van der Waals surface area contributed by atoms with Crippen LogP contribution in [0.15, 0.2) is 29.2 Å². The molecule has 0 saturated heterocycles. The average Bonchev–Trinajstić information content (AvgIpc) is 2.44. The maximum Gasteiger partial charge on any atom is 0.221 e. The van der Waals surface area contributed by atoms with Crippen molar-refractivity contribution >= 4 is 25.6 Å².